The van der Waals surface area contributed by atoms with Gasteiger partial charge in [0.25, 0.3) is 5.91 Å². The molecule has 1 atom stereocenters. The Morgan fingerprint density at radius 2 is 2.15 bits per heavy atom. The van der Waals surface area contributed by atoms with Crippen LogP contribution >= 0.6 is 0 Å². The van der Waals surface area contributed by atoms with Gasteiger partial charge >= 0.3 is 6.03 Å². The van der Waals surface area contributed by atoms with Crippen LogP contribution in [0.1, 0.15) is 12.0 Å². The summed E-state index contributed by atoms with van der Waals surface area (Å²) in [6.45, 7) is 0.309. The average molecular weight is 367 g/mol. The van der Waals surface area contributed by atoms with Gasteiger partial charge in [-0.3, -0.25) is 10.1 Å². The number of carbonyl (C=O) groups excluding carboxylic acids is 2. The second-order valence-electron chi connectivity index (χ2n) is 6.01. The lowest BCUT2D eigenvalue weighted by molar-refractivity contribution is -0.128. The number of nitrogens with one attached hydrogen (secondary N) is 2. The largest absolute Gasteiger partial charge is 0.508 e. The zero-order valence-corrected chi connectivity index (χ0v) is 14.2. The van der Waals surface area contributed by atoms with Gasteiger partial charge in [-0.2, -0.15) is 5.26 Å². The van der Waals surface area contributed by atoms with E-state index in [-0.39, 0.29) is 31.1 Å². The number of pyridine rings is 1. The molecule has 1 fully saturated rings. The molecule has 2 heterocycles. The van der Waals surface area contributed by atoms with E-state index in [0.29, 0.717) is 11.3 Å². The van der Waals surface area contributed by atoms with E-state index < -0.39 is 17.5 Å². The number of hydrogen-bond donors (Lipinski definition) is 4. The maximum Gasteiger partial charge on any atom is 0.320 e. The van der Waals surface area contributed by atoms with E-state index in [9.17, 15) is 19.8 Å². The van der Waals surface area contributed by atoms with Gasteiger partial charge in [0.2, 0.25) is 5.60 Å². The molecule has 0 bridgehead atoms. The van der Waals surface area contributed by atoms with Gasteiger partial charge in [0.1, 0.15) is 17.6 Å². The number of urea groups is 1. The normalized spacial score (nSPS) is 18.8. The van der Waals surface area contributed by atoms with E-state index in [2.05, 4.69) is 15.6 Å². The molecule has 0 unspecified atom stereocenters. The van der Waals surface area contributed by atoms with Crippen molar-refractivity contribution in [3.63, 3.8) is 0 Å². The van der Waals surface area contributed by atoms with Crippen LogP contribution in [0.5, 0.6) is 5.75 Å². The molecule has 1 aromatic carbocycles. The van der Waals surface area contributed by atoms with Crippen LogP contribution in [0.4, 0.5) is 16.3 Å². The molecule has 27 heavy (non-hydrogen) atoms. The summed E-state index contributed by atoms with van der Waals surface area (Å²) in [6, 6.07) is 10.7. The number of para-hydroxylation sites is 1. The minimum absolute atomic E-state index is 0.00841. The molecular weight excluding hydrogens is 350 g/mol. The van der Waals surface area contributed by atoms with Crippen molar-refractivity contribution in [3.05, 3.63) is 48.2 Å². The highest BCUT2D eigenvalue weighted by Gasteiger charge is 2.46. The number of aliphatic hydroxyl groups is 1. The number of benzene rings is 1. The average Bonchev–Trinajstić information content (AvgIpc) is 2.97. The Labute approximate surface area is 154 Å². The number of amides is 3. The number of hydrogen-bond acceptors (Lipinski definition) is 6. The smallest absolute Gasteiger partial charge is 0.320 e. The Kier molecular flexibility index (Phi) is 4.92. The molecule has 0 aliphatic carbocycles. The fraction of sp³-hybridized carbons (Fsp3) is 0.222. The number of nitrogens with zero attached hydrogens (tertiary/aromatic N) is 3. The number of aromatic hydroxyl groups is 1. The summed E-state index contributed by atoms with van der Waals surface area (Å²) >= 11 is 0. The summed E-state index contributed by atoms with van der Waals surface area (Å²) in [5.74, 6) is -0.427. The van der Waals surface area contributed by atoms with Crippen LogP contribution in [0.15, 0.2) is 42.6 Å². The van der Waals surface area contributed by atoms with Crippen molar-refractivity contribution in [2.45, 2.75) is 18.6 Å². The quantitative estimate of drug-likeness (QED) is 0.597. The van der Waals surface area contributed by atoms with Crippen molar-refractivity contribution in [1.82, 2.24) is 10.3 Å². The van der Waals surface area contributed by atoms with Crippen LogP contribution in [-0.4, -0.2) is 39.3 Å². The van der Waals surface area contributed by atoms with E-state index in [1.54, 1.807) is 30.3 Å². The molecule has 2 aromatic rings. The molecule has 1 aliphatic rings. The Morgan fingerprint density at radius 1 is 1.37 bits per heavy atom. The third-order valence-corrected chi connectivity index (χ3v) is 4.21. The van der Waals surface area contributed by atoms with Gasteiger partial charge in [-0.1, -0.05) is 18.2 Å². The molecule has 3 amide bonds. The molecule has 3 rings (SSSR count). The molecule has 4 N–H and O–H groups in total. The molecular formula is C18H17N5O4. The number of anilines is 2. The summed E-state index contributed by atoms with van der Waals surface area (Å²) in [5, 5.41) is 33.7. The summed E-state index contributed by atoms with van der Waals surface area (Å²) < 4.78 is 0. The molecule has 0 radical (unpaired) electrons. The Hall–Kier alpha value is -3.64. The van der Waals surface area contributed by atoms with Crippen molar-refractivity contribution < 1.29 is 19.8 Å². The van der Waals surface area contributed by atoms with E-state index in [1.165, 1.54) is 23.2 Å². The van der Waals surface area contributed by atoms with Gasteiger partial charge in [0.05, 0.1) is 0 Å². The van der Waals surface area contributed by atoms with Gasteiger partial charge in [-0.15, -0.1) is 0 Å². The fourth-order valence-electron chi connectivity index (χ4n) is 2.71. The van der Waals surface area contributed by atoms with E-state index in [1.807, 2.05) is 0 Å². The van der Waals surface area contributed by atoms with Crippen LogP contribution < -0.4 is 15.5 Å². The van der Waals surface area contributed by atoms with Gasteiger partial charge in [-0.05, 0) is 12.1 Å². The summed E-state index contributed by atoms with van der Waals surface area (Å²) in [6.07, 6.45) is 1.42. The van der Waals surface area contributed by atoms with Crippen molar-refractivity contribution >= 4 is 23.4 Å². The maximum absolute atomic E-state index is 12.2. The summed E-state index contributed by atoms with van der Waals surface area (Å²) in [4.78, 5) is 29.5. The molecule has 9 nitrogen and oxygen atoms in total. The lowest BCUT2D eigenvalue weighted by Crippen LogP contribution is -2.38. The number of nitriles is 1. The summed E-state index contributed by atoms with van der Waals surface area (Å²) in [5.41, 5.74) is -1.05. The second-order valence-corrected chi connectivity index (χ2v) is 6.01. The first kappa shape index (κ1) is 18.2. The second kappa shape index (κ2) is 7.31. The van der Waals surface area contributed by atoms with Crippen LogP contribution in [-0.2, 0) is 11.3 Å². The van der Waals surface area contributed by atoms with Crippen molar-refractivity contribution in [2.24, 2.45) is 0 Å². The Morgan fingerprint density at radius 3 is 2.85 bits per heavy atom. The van der Waals surface area contributed by atoms with E-state index >= 15 is 0 Å². The first-order valence-corrected chi connectivity index (χ1v) is 8.16. The lowest BCUT2D eigenvalue weighted by atomic mass is 10.1. The van der Waals surface area contributed by atoms with Gasteiger partial charge in [-0.25, -0.2) is 9.78 Å². The Balaban J connectivity index is 1.64. The predicted molar refractivity (Wildman–Crippen MR) is 95.7 cm³/mol. The minimum Gasteiger partial charge on any atom is -0.508 e. The molecule has 1 aliphatic heterocycles. The number of phenolic OH excluding ortho intramolecular Hbond substituents is 1. The topological polar surface area (TPSA) is 139 Å². The standard InChI is InChI=1S/C18H17N5O4/c19-11-18(27)6-8-23(16(18)25)13-5-7-20-15(9-13)22-17(26)21-10-12-3-1-2-4-14(12)24/h1-5,7,9,24,27H,6,8,10H2,(H2,20,21,22,26)/t18-/m0/s1. The monoisotopic (exact) mass is 367 g/mol. The van der Waals surface area contributed by atoms with Crippen molar-refractivity contribution in [1.29, 1.82) is 5.26 Å². The first-order valence-electron chi connectivity index (χ1n) is 8.16. The molecule has 0 saturated carbocycles. The highest BCUT2D eigenvalue weighted by Crippen LogP contribution is 2.28. The maximum atomic E-state index is 12.2. The van der Waals surface area contributed by atoms with Crippen LogP contribution in [0.25, 0.3) is 0 Å². The molecule has 1 aromatic heterocycles. The third kappa shape index (κ3) is 3.80. The summed E-state index contributed by atoms with van der Waals surface area (Å²) in [7, 11) is 0. The number of phenols is 1. The van der Waals surface area contributed by atoms with Gasteiger partial charge < -0.3 is 20.4 Å². The zero-order valence-electron chi connectivity index (χ0n) is 14.2. The number of rotatable bonds is 4. The van der Waals surface area contributed by atoms with Crippen LogP contribution in [0.2, 0.25) is 0 Å². The highest BCUT2D eigenvalue weighted by atomic mass is 16.3. The van der Waals surface area contributed by atoms with Gasteiger partial charge in [0, 0.05) is 43.0 Å². The Bertz CT molecular complexity index is 926. The van der Waals surface area contributed by atoms with Crippen molar-refractivity contribution in [2.75, 3.05) is 16.8 Å². The SMILES string of the molecule is N#C[C@@]1(O)CCN(c2ccnc(NC(=O)NCc3ccccc3O)c2)C1=O. The molecule has 0 spiro atoms. The van der Waals surface area contributed by atoms with Gasteiger partial charge in [0.15, 0.2) is 0 Å². The highest BCUT2D eigenvalue weighted by molar-refractivity contribution is 6.04. The predicted octanol–water partition coefficient (Wildman–Crippen LogP) is 1.10. The lowest BCUT2D eigenvalue weighted by Gasteiger charge is -2.18. The zero-order chi connectivity index (χ0) is 19.4. The van der Waals surface area contributed by atoms with Crippen molar-refractivity contribution in [3.8, 4) is 11.8 Å². The third-order valence-electron chi connectivity index (χ3n) is 4.21. The molecule has 1 saturated heterocycles. The van der Waals surface area contributed by atoms with Crippen LogP contribution in [0, 0.1) is 11.3 Å². The van der Waals surface area contributed by atoms with E-state index in [0.717, 1.165) is 0 Å². The number of aromatic nitrogens is 1. The number of carbonyl (C=O) groups is 2. The fourth-order valence-corrected chi connectivity index (χ4v) is 2.71. The first-order chi connectivity index (χ1) is 12.9. The minimum atomic E-state index is -2.02. The van der Waals surface area contributed by atoms with E-state index in [4.69, 9.17) is 5.26 Å². The molecule has 138 valence electrons. The van der Waals surface area contributed by atoms with Crippen LogP contribution in [0.3, 0.4) is 0 Å². The molecule has 9 heteroatoms.